The molecule has 4 aromatic rings. The lowest BCUT2D eigenvalue weighted by Crippen LogP contribution is -2.33. The molecule has 0 radical (unpaired) electrons. The van der Waals surface area contributed by atoms with E-state index in [9.17, 15) is 4.79 Å². The molecule has 0 aliphatic heterocycles. The molecule has 0 atom stereocenters. The summed E-state index contributed by atoms with van der Waals surface area (Å²) >= 11 is 0. The summed E-state index contributed by atoms with van der Waals surface area (Å²) in [6.07, 6.45) is 8.97. The average molecular weight is 418 g/mol. The van der Waals surface area contributed by atoms with E-state index in [2.05, 4.69) is 20.5 Å². The molecule has 0 saturated heterocycles. The monoisotopic (exact) mass is 418 g/mol. The van der Waals surface area contributed by atoms with Crippen LogP contribution in [0.15, 0.2) is 59.5 Å². The fourth-order valence-electron chi connectivity index (χ4n) is 3.67. The first-order chi connectivity index (χ1) is 15.2. The van der Waals surface area contributed by atoms with Gasteiger partial charge in [0.25, 0.3) is 5.91 Å². The Morgan fingerprint density at radius 1 is 1.32 bits per heavy atom. The van der Waals surface area contributed by atoms with Crippen LogP contribution in [0.2, 0.25) is 0 Å². The summed E-state index contributed by atoms with van der Waals surface area (Å²) in [6.45, 7) is 2.71. The van der Waals surface area contributed by atoms with Crippen molar-refractivity contribution >= 4 is 11.6 Å². The van der Waals surface area contributed by atoms with Gasteiger partial charge in [-0.25, -0.2) is 0 Å². The maximum atomic E-state index is 12.9. The molecule has 158 valence electrons. The summed E-state index contributed by atoms with van der Waals surface area (Å²) in [5.41, 5.74) is 2.67. The van der Waals surface area contributed by atoms with Gasteiger partial charge in [-0.3, -0.25) is 19.6 Å². The molecule has 0 spiro atoms. The molecule has 31 heavy (non-hydrogen) atoms. The number of aromatic amines is 1. The lowest BCUT2D eigenvalue weighted by atomic mass is 9.89. The fourth-order valence-corrected chi connectivity index (χ4v) is 3.67. The Balaban J connectivity index is 1.39. The van der Waals surface area contributed by atoms with Crippen LogP contribution in [0.4, 0.5) is 5.69 Å². The number of carbonyl (C=O) groups is 1. The Kier molecular flexibility index (Phi) is 5.09. The highest BCUT2D eigenvalue weighted by Gasteiger charge is 2.32. The summed E-state index contributed by atoms with van der Waals surface area (Å²) in [5.74, 6) is 0.416. The van der Waals surface area contributed by atoms with Gasteiger partial charge < -0.3 is 14.5 Å². The maximum Gasteiger partial charge on any atom is 0.291 e. The molecule has 1 aliphatic carbocycles. The molecule has 9 nitrogen and oxygen atoms in total. The standard InChI is InChI=1S/C22H22N6O3/c1-2-30-16-9-15(10-16)28-13-18(21(27-28)17-5-3-4-8-23-17)26-22(29)20-7-6-19(31-20)14-11-24-25-12-14/h3-8,11-13,15-16H,2,9-10H2,1H3,(H,24,25)(H,26,29)/t15-,16-. The molecule has 1 aliphatic rings. The Morgan fingerprint density at radius 3 is 2.97 bits per heavy atom. The van der Waals surface area contributed by atoms with Crippen LogP contribution in [-0.4, -0.2) is 43.6 Å². The van der Waals surface area contributed by atoms with Gasteiger partial charge in [0.05, 0.1) is 35.3 Å². The van der Waals surface area contributed by atoms with E-state index in [4.69, 9.17) is 14.3 Å². The van der Waals surface area contributed by atoms with Crippen LogP contribution >= 0.6 is 0 Å². The fraction of sp³-hybridized carbons (Fsp3) is 0.273. The van der Waals surface area contributed by atoms with Gasteiger partial charge in [0, 0.05) is 25.2 Å². The Bertz CT molecular complexity index is 1160. The van der Waals surface area contributed by atoms with Crippen molar-refractivity contribution in [2.24, 2.45) is 0 Å². The number of aromatic nitrogens is 5. The van der Waals surface area contributed by atoms with Crippen LogP contribution in [0, 0.1) is 0 Å². The van der Waals surface area contributed by atoms with E-state index in [1.807, 2.05) is 36.0 Å². The van der Waals surface area contributed by atoms with Gasteiger partial charge in [-0.2, -0.15) is 10.2 Å². The highest BCUT2D eigenvalue weighted by Crippen LogP contribution is 2.37. The van der Waals surface area contributed by atoms with Gasteiger partial charge in [-0.1, -0.05) is 6.07 Å². The topological polar surface area (TPSA) is 111 Å². The number of pyridine rings is 1. The summed E-state index contributed by atoms with van der Waals surface area (Å²) in [4.78, 5) is 17.3. The zero-order valence-corrected chi connectivity index (χ0v) is 17.0. The van der Waals surface area contributed by atoms with Gasteiger partial charge in [0.15, 0.2) is 5.76 Å². The summed E-state index contributed by atoms with van der Waals surface area (Å²) in [7, 11) is 0. The minimum atomic E-state index is -0.354. The van der Waals surface area contributed by atoms with Crippen LogP contribution in [0.3, 0.4) is 0 Å². The number of rotatable bonds is 7. The van der Waals surface area contributed by atoms with E-state index >= 15 is 0 Å². The molecule has 0 bridgehead atoms. The van der Waals surface area contributed by atoms with Gasteiger partial charge in [-0.15, -0.1) is 0 Å². The molecule has 5 rings (SSSR count). The molecule has 9 heteroatoms. The molecule has 1 saturated carbocycles. The summed E-state index contributed by atoms with van der Waals surface area (Å²) in [5, 5.41) is 14.3. The number of hydrogen-bond donors (Lipinski definition) is 2. The largest absolute Gasteiger partial charge is 0.451 e. The van der Waals surface area contributed by atoms with Crippen molar-refractivity contribution < 1.29 is 13.9 Å². The number of ether oxygens (including phenoxy) is 1. The average Bonchev–Trinajstić information content (AvgIpc) is 3.51. The predicted molar refractivity (Wildman–Crippen MR) is 113 cm³/mol. The third kappa shape index (κ3) is 3.87. The number of nitrogens with one attached hydrogen (secondary N) is 2. The highest BCUT2D eigenvalue weighted by molar-refractivity contribution is 6.04. The van der Waals surface area contributed by atoms with Crippen molar-refractivity contribution in [2.75, 3.05) is 11.9 Å². The quantitative estimate of drug-likeness (QED) is 0.471. The Morgan fingerprint density at radius 2 is 2.23 bits per heavy atom. The number of H-pyrrole nitrogens is 1. The van der Waals surface area contributed by atoms with E-state index in [-0.39, 0.29) is 23.8 Å². The first-order valence-electron chi connectivity index (χ1n) is 10.2. The molecule has 4 heterocycles. The molecular formula is C22H22N6O3. The van der Waals surface area contributed by atoms with Crippen LogP contribution in [0.25, 0.3) is 22.7 Å². The number of anilines is 1. The highest BCUT2D eigenvalue weighted by atomic mass is 16.5. The number of furan rings is 1. The molecule has 2 N–H and O–H groups in total. The molecule has 4 aromatic heterocycles. The lowest BCUT2D eigenvalue weighted by molar-refractivity contribution is -0.0226. The zero-order valence-electron chi connectivity index (χ0n) is 17.0. The minimum absolute atomic E-state index is 0.205. The van der Waals surface area contributed by atoms with Gasteiger partial charge in [0.1, 0.15) is 11.5 Å². The van der Waals surface area contributed by atoms with Crippen molar-refractivity contribution in [2.45, 2.75) is 31.9 Å². The second kappa shape index (κ2) is 8.19. The van der Waals surface area contributed by atoms with Crippen molar-refractivity contribution in [3.05, 3.63) is 60.9 Å². The predicted octanol–water partition coefficient (Wildman–Crippen LogP) is 3.92. The van der Waals surface area contributed by atoms with Crippen LogP contribution < -0.4 is 5.32 Å². The second-order valence-electron chi connectivity index (χ2n) is 7.39. The Labute approximate surface area is 178 Å². The smallest absolute Gasteiger partial charge is 0.291 e. The normalized spacial score (nSPS) is 18.0. The molecule has 1 fully saturated rings. The zero-order chi connectivity index (χ0) is 21.2. The van der Waals surface area contributed by atoms with E-state index < -0.39 is 0 Å². The third-order valence-corrected chi connectivity index (χ3v) is 5.35. The first-order valence-corrected chi connectivity index (χ1v) is 10.2. The van der Waals surface area contributed by atoms with E-state index in [0.717, 1.165) is 18.4 Å². The van der Waals surface area contributed by atoms with Crippen molar-refractivity contribution in [1.82, 2.24) is 25.0 Å². The van der Waals surface area contributed by atoms with Crippen molar-refractivity contribution in [3.63, 3.8) is 0 Å². The number of amides is 1. The first kappa shape index (κ1) is 19.3. The number of nitrogens with zero attached hydrogens (tertiary/aromatic N) is 4. The van der Waals surface area contributed by atoms with E-state index in [1.54, 1.807) is 30.7 Å². The van der Waals surface area contributed by atoms with E-state index in [0.29, 0.717) is 29.4 Å². The van der Waals surface area contributed by atoms with Crippen molar-refractivity contribution in [3.8, 4) is 22.7 Å². The molecular weight excluding hydrogens is 396 g/mol. The molecule has 1 amide bonds. The van der Waals surface area contributed by atoms with Gasteiger partial charge in [0.2, 0.25) is 0 Å². The minimum Gasteiger partial charge on any atom is -0.451 e. The number of carbonyl (C=O) groups excluding carboxylic acids is 1. The number of hydrogen-bond acceptors (Lipinski definition) is 6. The Hall–Kier alpha value is -3.72. The SMILES string of the molecule is CCO[C@H]1C[C@H](n2cc(NC(=O)c3ccc(-c4cn[nH]c4)o3)c(-c3ccccn3)n2)C1. The van der Waals surface area contributed by atoms with E-state index in [1.165, 1.54) is 0 Å². The summed E-state index contributed by atoms with van der Waals surface area (Å²) in [6, 6.07) is 9.23. The van der Waals surface area contributed by atoms with Crippen LogP contribution in [0.5, 0.6) is 0 Å². The van der Waals surface area contributed by atoms with Gasteiger partial charge in [-0.05, 0) is 44.0 Å². The van der Waals surface area contributed by atoms with Crippen molar-refractivity contribution in [1.29, 1.82) is 0 Å². The van der Waals surface area contributed by atoms with Crippen LogP contribution in [-0.2, 0) is 4.74 Å². The second-order valence-corrected chi connectivity index (χ2v) is 7.39. The maximum absolute atomic E-state index is 12.9. The molecule has 0 unspecified atom stereocenters. The molecule has 0 aromatic carbocycles. The van der Waals surface area contributed by atoms with Gasteiger partial charge >= 0.3 is 0 Å². The summed E-state index contributed by atoms with van der Waals surface area (Å²) < 4.78 is 13.3. The third-order valence-electron chi connectivity index (χ3n) is 5.35. The lowest BCUT2D eigenvalue weighted by Gasteiger charge is -2.34. The van der Waals surface area contributed by atoms with Crippen LogP contribution in [0.1, 0.15) is 36.4 Å².